The van der Waals surface area contributed by atoms with E-state index in [1.54, 1.807) is 24.3 Å². The zero-order valence-electron chi connectivity index (χ0n) is 15.0. The second-order valence-electron chi connectivity index (χ2n) is 6.43. The predicted octanol–water partition coefficient (Wildman–Crippen LogP) is 2.94. The molecular weight excluding hydrogens is 356 g/mol. The quantitative estimate of drug-likeness (QED) is 0.785. The van der Waals surface area contributed by atoms with Crippen LogP contribution in [0.4, 0.5) is 14.5 Å². The Balaban J connectivity index is 1.58. The third-order valence-electron chi connectivity index (χ3n) is 4.49. The molecule has 2 aromatic carbocycles. The number of anilines is 1. The Morgan fingerprint density at radius 3 is 2.63 bits per heavy atom. The van der Waals surface area contributed by atoms with Gasteiger partial charge in [-0.25, -0.2) is 13.6 Å². The number of hydrogen-bond acceptors (Lipinski definition) is 5. The smallest absolute Gasteiger partial charge is 0.337 e. The topological polar surface area (TPSA) is 59.0 Å². The highest BCUT2D eigenvalue weighted by Crippen LogP contribution is 2.29. The molecule has 3 rings (SSSR count). The van der Waals surface area contributed by atoms with E-state index in [4.69, 9.17) is 4.74 Å². The Hall–Kier alpha value is -2.67. The molecule has 0 amide bonds. The molecule has 0 saturated carbocycles. The number of carbonyl (C=O) groups excluding carboxylic acids is 1. The van der Waals surface area contributed by atoms with Gasteiger partial charge >= 0.3 is 5.97 Å². The van der Waals surface area contributed by atoms with Crippen LogP contribution in [0.15, 0.2) is 36.4 Å². The number of halogens is 2. The van der Waals surface area contributed by atoms with Gasteiger partial charge in [0.05, 0.1) is 12.7 Å². The number of benzene rings is 2. The molecule has 0 radical (unpaired) electrons. The molecule has 27 heavy (non-hydrogen) atoms. The molecule has 0 aliphatic carbocycles. The third kappa shape index (κ3) is 4.54. The highest BCUT2D eigenvalue weighted by molar-refractivity contribution is 5.89. The summed E-state index contributed by atoms with van der Waals surface area (Å²) in [7, 11) is 1.31. The standard InChI is InChI=1S/C20H21F2NO4/c1-26-20(25)13-4-6-16(7-5-13)27-12-15(24)11-23-8-2-3-14-9-17(21)18(22)10-19(14)23/h4-7,9-10,15,24H,2-3,8,11-12H2,1H3/t15-/m1/s1. The summed E-state index contributed by atoms with van der Waals surface area (Å²) in [5, 5.41) is 10.3. The Kier molecular flexibility index (Phi) is 5.91. The first kappa shape index (κ1) is 19.1. The van der Waals surface area contributed by atoms with E-state index in [1.807, 2.05) is 4.90 Å². The maximum atomic E-state index is 13.6. The van der Waals surface area contributed by atoms with Gasteiger partial charge in [0.1, 0.15) is 18.5 Å². The SMILES string of the molecule is COC(=O)c1ccc(OC[C@H](O)CN2CCCc3cc(F)c(F)cc32)cc1. The lowest BCUT2D eigenvalue weighted by Gasteiger charge is -2.33. The second kappa shape index (κ2) is 8.35. The summed E-state index contributed by atoms with van der Waals surface area (Å²) < 4.78 is 37.2. The van der Waals surface area contributed by atoms with Crippen molar-refractivity contribution in [3.63, 3.8) is 0 Å². The van der Waals surface area contributed by atoms with Crippen LogP contribution in [0.5, 0.6) is 5.75 Å². The molecule has 0 spiro atoms. The highest BCUT2D eigenvalue weighted by Gasteiger charge is 2.22. The van der Waals surface area contributed by atoms with Crippen LogP contribution in [-0.4, -0.2) is 44.0 Å². The van der Waals surface area contributed by atoms with Crippen molar-refractivity contribution in [2.45, 2.75) is 18.9 Å². The molecule has 1 aliphatic heterocycles. The van der Waals surface area contributed by atoms with Crippen LogP contribution < -0.4 is 9.64 Å². The fourth-order valence-corrected chi connectivity index (χ4v) is 3.15. The largest absolute Gasteiger partial charge is 0.491 e. The number of carbonyl (C=O) groups is 1. The third-order valence-corrected chi connectivity index (χ3v) is 4.49. The lowest BCUT2D eigenvalue weighted by molar-refractivity contribution is 0.0600. The van der Waals surface area contributed by atoms with Gasteiger partial charge in [0, 0.05) is 24.8 Å². The molecule has 1 heterocycles. The average Bonchev–Trinajstić information content (AvgIpc) is 2.67. The van der Waals surface area contributed by atoms with Crippen LogP contribution in [0.25, 0.3) is 0 Å². The number of rotatable bonds is 6. The van der Waals surface area contributed by atoms with Crippen molar-refractivity contribution >= 4 is 11.7 Å². The molecular formula is C20H21F2NO4. The van der Waals surface area contributed by atoms with E-state index >= 15 is 0 Å². The zero-order valence-corrected chi connectivity index (χ0v) is 15.0. The summed E-state index contributed by atoms with van der Waals surface area (Å²) in [4.78, 5) is 13.2. The van der Waals surface area contributed by atoms with Crippen LogP contribution in [0.2, 0.25) is 0 Å². The van der Waals surface area contributed by atoms with E-state index in [9.17, 15) is 18.7 Å². The number of fused-ring (bicyclic) bond motifs is 1. The van der Waals surface area contributed by atoms with Gasteiger partial charge in [0.2, 0.25) is 0 Å². The van der Waals surface area contributed by atoms with Gasteiger partial charge in [-0.3, -0.25) is 0 Å². The molecule has 0 saturated heterocycles. The first-order chi connectivity index (χ1) is 13.0. The van der Waals surface area contributed by atoms with Crippen molar-refractivity contribution in [1.82, 2.24) is 0 Å². The molecule has 0 fully saturated rings. The van der Waals surface area contributed by atoms with E-state index in [-0.39, 0.29) is 13.2 Å². The minimum atomic E-state index is -0.892. The van der Waals surface area contributed by atoms with E-state index in [0.29, 0.717) is 30.0 Å². The molecule has 7 heteroatoms. The van der Waals surface area contributed by atoms with Crippen molar-refractivity contribution in [3.8, 4) is 5.75 Å². The van der Waals surface area contributed by atoms with Crippen molar-refractivity contribution in [2.75, 3.05) is 31.7 Å². The monoisotopic (exact) mass is 377 g/mol. The molecule has 2 aromatic rings. The van der Waals surface area contributed by atoms with Crippen LogP contribution in [0.1, 0.15) is 22.3 Å². The molecule has 1 atom stereocenters. The Morgan fingerprint density at radius 1 is 1.22 bits per heavy atom. The number of ether oxygens (including phenoxy) is 2. The van der Waals surface area contributed by atoms with Crippen molar-refractivity contribution in [2.24, 2.45) is 0 Å². The van der Waals surface area contributed by atoms with Crippen LogP contribution in [0, 0.1) is 11.6 Å². The summed E-state index contributed by atoms with van der Waals surface area (Å²) in [5.41, 5.74) is 1.76. The van der Waals surface area contributed by atoms with Gasteiger partial charge in [-0.1, -0.05) is 0 Å². The van der Waals surface area contributed by atoms with Gasteiger partial charge in [-0.2, -0.15) is 0 Å². The van der Waals surface area contributed by atoms with Crippen LogP contribution >= 0.6 is 0 Å². The number of hydrogen-bond donors (Lipinski definition) is 1. The maximum Gasteiger partial charge on any atom is 0.337 e. The molecule has 0 aromatic heterocycles. The van der Waals surface area contributed by atoms with Gasteiger partial charge < -0.3 is 19.5 Å². The molecule has 1 aliphatic rings. The fourth-order valence-electron chi connectivity index (χ4n) is 3.15. The lowest BCUT2D eigenvalue weighted by Crippen LogP contribution is -2.38. The van der Waals surface area contributed by atoms with Gasteiger partial charge in [0.25, 0.3) is 0 Å². The van der Waals surface area contributed by atoms with Crippen molar-refractivity contribution < 1.29 is 28.2 Å². The van der Waals surface area contributed by atoms with Crippen LogP contribution in [-0.2, 0) is 11.2 Å². The highest BCUT2D eigenvalue weighted by atomic mass is 19.2. The normalized spacial score (nSPS) is 14.4. The molecule has 1 N–H and O–H groups in total. The molecule has 0 unspecified atom stereocenters. The predicted molar refractivity (Wildman–Crippen MR) is 96.2 cm³/mol. The summed E-state index contributed by atoms with van der Waals surface area (Å²) in [5.74, 6) is -1.67. The van der Waals surface area contributed by atoms with Crippen LogP contribution in [0.3, 0.4) is 0 Å². The first-order valence-electron chi connectivity index (χ1n) is 8.70. The number of aliphatic hydroxyl groups excluding tert-OH is 1. The van der Waals surface area contributed by atoms with Crippen molar-refractivity contribution in [1.29, 1.82) is 0 Å². The number of nitrogens with zero attached hydrogens (tertiary/aromatic N) is 1. The minimum Gasteiger partial charge on any atom is -0.491 e. The zero-order chi connectivity index (χ0) is 19.4. The summed E-state index contributed by atoms with van der Waals surface area (Å²) >= 11 is 0. The van der Waals surface area contributed by atoms with Gasteiger partial charge in [0.15, 0.2) is 11.6 Å². The first-order valence-corrected chi connectivity index (χ1v) is 8.70. The molecule has 144 valence electrons. The maximum absolute atomic E-state index is 13.6. The van der Waals surface area contributed by atoms with Gasteiger partial charge in [-0.15, -0.1) is 0 Å². The Morgan fingerprint density at radius 2 is 1.93 bits per heavy atom. The number of aliphatic hydroxyl groups is 1. The van der Waals surface area contributed by atoms with E-state index in [1.165, 1.54) is 19.2 Å². The summed E-state index contributed by atoms with van der Waals surface area (Å²) in [6.45, 7) is 0.939. The number of esters is 1. The van der Waals surface area contributed by atoms with E-state index in [0.717, 1.165) is 12.0 Å². The van der Waals surface area contributed by atoms with Gasteiger partial charge in [-0.05, 0) is 48.7 Å². The average molecular weight is 377 g/mol. The number of aryl methyl sites for hydroxylation is 1. The Bertz CT molecular complexity index is 810. The lowest BCUT2D eigenvalue weighted by atomic mass is 10.0. The van der Waals surface area contributed by atoms with Crippen molar-refractivity contribution in [3.05, 3.63) is 59.2 Å². The van der Waals surface area contributed by atoms with E-state index < -0.39 is 23.7 Å². The minimum absolute atomic E-state index is 0.0348. The Labute approximate surface area is 156 Å². The summed E-state index contributed by atoms with van der Waals surface area (Å²) in [6.07, 6.45) is 0.673. The second-order valence-corrected chi connectivity index (χ2v) is 6.43. The fraction of sp³-hybridized carbons (Fsp3) is 0.350. The molecule has 0 bridgehead atoms. The number of methoxy groups -OCH3 is 1. The molecule has 5 nitrogen and oxygen atoms in total. The van der Waals surface area contributed by atoms with E-state index in [2.05, 4.69) is 4.74 Å². The summed E-state index contributed by atoms with van der Waals surface area (Å²) in [6, 6.07) is 8.80. The number of β-amino-alcohol motifs (C(OH)–C–C–N with tert-alkyl or cyclic N) is 1.